The number of halogens is 1. The van der Waals surface area contributed by atoms with Crippen LogP contribution in [0.5, 0.6) is 0 Å². The molecule has 0 aliphatic carbocycles. The lowest BCUT2D eigenvalue weighted by Crippen LogP contribution is -2.15. The van der Waals surface area contributed by atoms with Crippen molar-refractivity contribution in [3.63, 3.8) is 0 Å². The summed E-state index contributed by atoms with van der Waals surface area (Å²) in [6.45, 7) is 3.27. The van der Waals surface area contributed by atoms with Crippen LogP contribution in [0.15, 0.2) is 40.0 Å². The maximum Gasteiger partial charge on any atom is 0.265 e. The largest absolute Gasteiger partial charge is 0.318 e. The van der Waals surface area contributed by atoms with Gasteiger partial charge in [0, 0.05) is 22.9 Å². The second-order valence-electron chi connectivity index (χ2n) is 4.61. The second kappa shape index (κ2) is 6.59. The highest BCUT2D eigenvalue weighted by Crippen LogP contribution is 2.22. The fraction of sp³-hybridized carbons (Fsp3) is 0.308. The Labute approximate surface area is 132 Å². The van der Waals surface area contributed by atoms with Gasteiger partial charge in [0.15, 0.2) is 0 Å². The highest BCUT2D eigenvalue weighted by Gasteiger charge is 2.17. The molecule has 1 heterocycles. The van der Waals surface area contributed by atoms with Crippen molar-refractivity contribution in [2.24, 2.45) is 0 Å². The van der Waals surface area contributed by atoms with Gasteiger partial charge in [0.2, 0.25) is 0 Å². The molecule has 0 bridgehead atoms. The van der Waals surface area contributed by atoms with Crippen LogP contribution in [0.4, 0.5) is 5.69 Å². The minimum absolute atomic E-state index is 0.148. The molecule has 0 aliphatic rings. The number of aryl methyl sites for hydroxylation is 1. The quantitative estimate of drug-likeness (QED) is 0.812. The molecule has 0 aliphatic heterocycles. The van der Waals surface area contributed by atoms with Crippen LogP contribution in [0.3, 0.4) is 0 Å². The van der Waals surface area contributed by atoms with Crippen LogP contribution in [0, 0.1) is 6.92 Å². The number of nitrogens with one attached hydrogen (secondary N) is 2. The highest BCUT2D eigenvalue weighted by atomic mass is 79.9. The third kappa shape index (κ3) is 4.05. The first-order valence-corrected chi connectivity index (χ1v) is 8.66. The van der Waals surface area contributed by atoms with Crippen LogP contribution in [0.2, 0.25) is 0 Å². The van der Waals surface area contributed by atoms with E-state index in [-0.39, 0.29) is 4.90 Å². The molecule has 0 radical (unpaired) electrons. The summed E-state index contributed by atoms with van der Waals surface area (Å²) in [6, 6.07) is 5.31. The van der Waals surface area contributed by atoms with Crippen molar-refractivity contribution in [3.05, 3.63) is 40.6 Å². The van der Waals surface area contributed by atoms with Crippen molar-refractivity contribution in [2.75, 3.05) is 18.3 Å². The number of hydrogen-bond donors (Lipinski definition) is 2. The summed E-state index contributed by atoms with van der Waals surface area (Å²) in [6.07, 6.45) is 2.87. The normalized spacial score (nSPS) is 11.6. The standard InChI is InChI=1S/C13H17BrN4O2S/c1-10-3-4-11(7-13(10)14)17-21(19,20)12-8-16-18(9-12)6-5-15-2/h3-4,7-9,15,17H,5-6H2,1-2H3. The van der Waals surface area contributed by atoms with E-state index in [1.165, 1.54) is 12.4 Å². The zero-order valence-electron chi connectivity index (χ0n) is 11.8. The molecule has 0 unspecified atom stereocenters. The van der Waals surface area contributed by atoms with E-state index in [0.29, 0.717) is 12.2 Å². The molecule has 0 saturated heterocycles. The molecule has 21 heavy (non-hydrogen) atoms. The number of hydrogen-bond acceptors (Lipinski definition) is 4. The average Bonchev–Trinajstić information content (AvgIpc) is 2.90. The molecule has 8 heteroatoms. The lowest BCUT2D eigenvalue weighted by molar-refractivity contribution is 0.582. The molecule has 0 spiro atoms. The van der Waals surface area contributed by atoms with E-state index in [2.05, 4.69) is 31.1 Å². The van der Waals surface area contributed by atoms with Crippen molar-refractivity contribution in [1.29, 1.82) is 0 Å². The molecule has 2 aromatic rings. The van der Waals surface area contributed by atoms with Gasteiger partial charge in [-0.25, -0.2) is 8.42 Å². The van der Waals surface area contributed by atoms with Gasteiger partial charge in [-0.05, 0) is 31.7 Å². The SMILES string of the molecule is CNCCn1cc(S(=O)(=O)Nc2ccc(C)c(Br)c2)cn1. The van der Waals surface area contributed by atoms with Gasteiger partial charge in [-0.1, -0.05) is 22.0 Å². The minimum Gasteiger partial charge on any atom is -0.318 e. The predicted octanol–water partition coefficient (Wildman–Crippen LogP) is 1.97. The van der Waals surface area contributed by atoms with Crippen LogP contribution in [0.1, 0.15) is 5.56 Å². The van der Waals surface area contributed by atoms with Crippen molar-refractivity contribution >= 4 is 31.6 Å². The number of rotatable bonds is 6. The van der Waals surface area contributed by atoms with Gasteiger partial charge in [0.1, 0.15) is 4.90 Å². The maximum atomic E-state index is 12.3. The summed E-state index contributed by atoms with van der Waals surface area (Å²) in [5, 5.41) is 7.03. The van der Waals surface area contributed by atoms with Crippen LogP contribution in [-0.2, 0) is 16.6 Å². The van der Waals surface area contributed by atoms with Crippen LogP contribution in [-0.4, -0.2) is 31.8 Å². The number of anilines is 1. The number of sulfonamides is 1. The lowest BCUT2D eigenvalue weighted by atomic mass is 10.2. The summed E-state index contributed by atoms with van der Waals surface area (Å²) in [7, 11) is -1.79. The Morgan fingerprint density at radius 3 is 2.81 bits per heavy atom. The van der Waals surface area contributed by atoms with Crippen molar-refractivity contribution < 1.29 is 8.42 Å². The zero-order valence-corrected chi connectivity index (χ0v) is 14.2. The number of aromatic nitrogens is 2. The molecule has 0 fully saturated rings. The number of benzene rings is 1. The molecule has 6 nitrogen and oxygen atoms in total. The first kappa shape index (κ1) is 16.0. The Kier molecular flexibility index (Phi) is 5.02. The van der Waals surface area contributed by atoms with E-state index in [1.807, 2.05) is 20.0 Å². The molecular formula is C13H17BrN4O2S. The highest BCUT2D eigenvalue weighted by molar-refractivity contribution is 9.10. The van der Waals surface area contributed by atoms with Crippen LogP contribution in [0.25, 0.3) is 0 Å². The van der Waals surface area contributed by atoms with Crippen molar-refractivity contribution in [1.82, 2.24) is 15.1 Å². The van der Waals surface area contributed by atoms with E-state index >= 15 is 0 Å². The molecule has 0 amide bonds. The summed E-state index contributed by atoms with van der Waals surface area (Å²) in [5.74, 6) is 0. The summed E-state index contributed by atoms with van der Waals surface area (Å²) >= 11 is 3.38. The fourth-order valence-corrected chi connectivity index (χ4v) is 3.08. The van der Waals surface area contributed by atoms with Gasteiger partial charge in [-0.3, -0.25) is 9.40 Å². The Balaban J connectivity index is 2.17. The number of likely N-dealkylation sites (N-methyl/N-ethyl adjacent to an activating group) is 1. The van der Waals surface area contributed by atoms with E-state index in [4.69, 9.17) is 0 Å². The van der Waals surface area contributed by atoms with Gasteiger partial charge < -0.3 is 5.32 Å². The van der Waals surface area contributed by atoms with Gasteiger partial charge in [-0.2, -0.15) is 5.10 Å². The molecular weight excluding hydrogens is 356 g/mol. The first-order chi connectivity index (χ1) is 9.92. The topological polar surface area (TPSA) is 76.0 Å². The van der Waals surface area contributed by atoms with Gasteiger partial charge in [-0.15, -0.1) is 0 Å². The van der Waals surface area contributed by atoms with Gasteiger partial charge in [0.05, 0.1) is 12.7 Å². The van der Waals surface area contributed by atoms with E-state index in [9.17, 15) is 8.42 Å². The van der Waals surface area contributed by atoms with Crippen LogP contribution < -0.4 is 10.0 Å². The summed E-state index contributed by atoms with van der Waals surface area (Å²) in [5.41, 5.74) is 1.55. The molecule has 1 aromatic carbocycles. The van der Waals surface area contributed by atoms with E-state index < -0.39 is 10.0 Å². The Morgan fingerprint density at radius 2 is 2.14 bits per heavy atom. The molecule has 0 saturated carbocycles. The maximum absolute atomic E-state index is 12.3. The summed E-state index contributed by atoms with van der Waals surface area (Å²) in [4.78, 5) is 0.148. The third-order valence-corrected chi connectivity index (χ3v) is 5.12. The molecule has 0 atom stereocenters. The molecule has 1 aromatic heterocycles. The Morgan fingerprint density at radius 1 is 1.38 bits per heavy atom. The predicted molar refractivity (Wildman–Crippen MR) is 85.8 cm³/mol. The van der Waals surface area contributed by atoms with Crippen molar-refractivity contribution in [2.45, 2.75) is 18.4 Å². The molecule has 2 N–H and O–H groups in total. The smallest absolute Gasteiger partial charge is 0.265 e. The Bertz CT molecular complexity index is 728. The van der Waals surface area contributed by atoms with Gasteiger partial charge >= 0.3 is 0 Å². The van der Waals surface area contributed by atoms with E-state index in [0.717, 1.165) is 16.6 Å². The molecule has 114 valence electrons. The summed E-state index contributed by atoms with van der Waals surface area (Å²) < 4.78 is 29.6. The fourth-order valence-electron chi connectivity index (χ4n) is 1.70. The third-order valence-electron chi connectivity index (χ3n) is 2.93. The van der Waals surface area contributed by atoms with Crippen LogP contribution >= 0.6 is 15.9 Å². The molecule has 2 rings (SSSR count). The van der Waals surface area contributed by atoms with Crippen molar-refractivity contribution in [3.8, 4) is 0 Å². The lowest BCUT2D eigenvalue weighted by Gasteiger charge is -2.07. The van der Waals surface area contributed by atoms with Gasteiger partial charge in [0.25, 0.3) is 10.0 Å². The van der Waals surface area contributed by atoms with E-state index in [1.54, 1.807) is 16.8 Å². The average molecular weight is 373 g/mol. The number of nitrogens with zero attached hydrogens (tertiary/aromatic N) is 2. The second-order valence-corrected chi connectivity index (χ2v) is 7.15. The minimum atomic E-state index is -3.62. The Hall–Kier alpha value is -1.38. The zero-order chi connectivity index (χ0) is 15.5. The monoisotopic (exact) mass is 372 g/mol. The first-order valence-electron chi connectivity index (χ1n) is 6.38.